The smallest absolute Gasteiger partial charge is 0.313 e. The van der Waals surface area contributed by atoms with Gasteiger partial charge in [-0.3, -0.25) is 14.4 Å². The number of amides is 3. The molecular weight excluding hydrogens is 428 g/mol. The van der Waals surface area contributed by atoms with Gasteiger partial charge >= 0.3 is 11.8 Å². The first-order valence-corrected chi connectivity index (χ1v) is 11.2. The molecule has 9 heteroatoms. The van der Waals surface area contributed by atoms with Crippen LogP contribution in [0.3, 0.4) is 0 Å². The molecule has 0 aliphatic carbocycles. The molecule has 1 aliphatic rings. The van der Waals surface area contributed by atoms with Crippen LogP contribution in [0.4, 0.5) is 5.69 Å². The van der Waals surface area contributed by atoms with Gasteiger partial charge in [0.15, 0.2) is 0 Å². The Morgan fingerprint density at radius 3 is 2.78 bits per heavy atom. The van der Waals surface area contributed by atoms with Gasteiger partial charge in [-0.05, 0) is 47.2 Å². The fourth-order valence-electron chi connectivity index (χ4n) is 4.13. The molecule has 2 unspecified atom stereocenters. The van der Waals surface area contributed by atoms with Crippen molar-refractivity contribution in [3.8, 4) is 5.88 Å². The highest BCUT2D eigenvalue weighted by Crippen LogP contribution is 2.39. The average Bonchev–Trinajstić information content (AvgIpc) is 3.22. The molecule has 1 fully saturated rings. The quantitative estimate of drug-likeness (QED) is 0.589. The Morgan fingerprint density at radius 1 is 1.25 bits per heavy atom. The molecule has 166 valence electrons. The minimum atomic E-state index is -0.786. The van der Waals surface area contributed by atoms with Crippen molar-refractivity contribution in [1.82, 2.24) is 9.88 Å². The maximum Gasteiger partial charge on any atom is 0.313 e. The zero-order valence-corrected chi connectivity index (χ0v) is 18.6. The molecule has 1 saturated heterocycles. The Labute approximate surface area is 189 Å². The van der Waals surface area contributed by atoms with E-state index in [1.54, 1.807) is 16.2 Å². The monoisotopic (exact) mass is 452 g/mol. The number of anilines is 1. The highest BCUT2D eigenvalue weighted by Gasteiger charge is 2.35. The molecule has 32 heavy (non-hydrogen) atoms. The predicted molar refractivity (Wildman–Crippen MR) is 123 cm³/mol. The molecule has 8 nitrogen and oxygen atoms in total. The van der Waals surface area contributed by atoms with Gasteiger partial charge in [0.05, 0.1) is 25.0 Å². The number of hydrogen-bond acceptors (Lipinski definition) is 6. The Morgan fingerprint density at radius 2 is 2.03 bits per heavy atom. The van der Waals surface area contributed by atoms with Crippen molar-refractivity contribution in [3.63, 3.8) is 0 Å². The molecule has 0 bridgehead atoms. The molecule has 0 radical (unpaired) electrons. The average molecular weight is 453 g/mol. The maximum atomic E-state index is 13.2. The van der Waals surface area contributed by atoms with Crippen LogP contribution in [-0.2, 0) is 9.59 Å². The number of benzene rings is 1. The molecule has 3 aromatic rings. The Balaban J connectivity index is 1.59. The number of hydrogen-bond donors (Lipinski definition) is 2. The molecule has 3 N–H and O–H groups in total. The van der Waals surface area contributed by atoms with Crippen molar-refractivity contribution < 1.29 is 19.1 Å². The van der Waals surface area contributed by atoms with E-state index < -0.39 is 17.7 Å². The van der Waals surface area contributed by atoms with Gasteiger partial charge in [0.25, 0.3) is 5.91 Å². The standard InChI is InChI=1S/C23H24N4O4S/c1-13-7-8-18(17-12-32-19-6-4-3-5-15(17)19)27(11-13)23(30)21(29)26-14-9-16(20(24)28)22(31-2)25-10-14/h3-6,9-10,12-13,18H,7-8,11H2,1-2H3,(H2,24,28)(H,26,29). The molecule has 0 saturated carbocycles. The molecular formula is C23H24N4O4S. The number of carbonyl (C=O) groups excluding carboxylic acids is 3. The third-order valence-electron chi connectivity index (χ3n) is 5.71. The summed E-state index contributed by atoms with van der Waals surface area (Å²) in [5, 5.41) is 5.74. The first kappa shape index (κ1) is 21.8. The number of carbonyl (C=O) groups is 3. The second-order valence-electron chi connectivity index (χ2n) is 7.94. The first-order chi connectivity index (χ1) is 15.4. The fraction of sp³-hybridized carbons (Fsp3) is 0.304. The van der Waals surface area contributed by atoms with Crippen molar-refractivity contribution in [2.45, 2.75) is 25.8 Å². The number of methoxy groups -OCH3 is 1. The Bertz CT molecular complexity index is 1190. The number of nitrogens with two attached hydrogens (primary N) is 1. The third-order valence-corrected chi connectivity index (χ3v) is 6.69. The third kappa shape index (κ3) is 4.16. The van der Waals surface area contributed by atoms with Crippen LogP contribution in [-0.4, -0.2) is 41.3 Å². The van der Waals surface area contributed by atoms with E-state index in [0.29, 0.717) is 6.54 Å². The molecule has 1 aromatic carbocycles. The van der Waals surface area contributed by atoms with Gasteiger partial charge in [0.1, 0.15) is 5.56 Å². The van der Waals surface area contributed by atoms with Crippen molar-refractivity contribution in [2.24, 2.45) is 11.7 Å². The van der Waals surface area contributed by atoms with Gasteiger partial charge in [-0.25, -0.2) is 4.98 Å². The molecule has 4 rings (SSSR count). The Kier molecular flexibility index (Phi) is 6.09. The van der Waals surface area contributed by atoms with Crippen LogP contribution in [0.2, 0.25) is 0 Å². The van der Waals surface area contributed by atoms with Gasteiger partial charge in [-0.2, -0.15) is 0 Å². The summed E-state index contributed by atoms with van der Waals surface area (Å²) in [6, 6.07) is 9.26. The summed E-state index contributed by atoms with van der Waals surface area (Å²) in [6.45, 7) is 2.57. The lowest BCUT2D eigenvalue weighted by molar-refractivity contribution is -0.146. The summed E-state index contributed by atoms with van der Waals surface area (Å²) in [7, 11) is 1.36. The SMILES string of the molecule is COc1ncc(NC(=O)C(=O)N2CC(C)CCC2c2csc3ccccc23)cc1C(N)=O. The normalized spacial score (nSPS) is 18.4. The second-order valence-corrected chi connectivity index (χ2v) is 8.85. The van der Waals surface area contributed by atoms with Gasteiger partial charge in [0.2, 0.25) is 5.88 Å². The van der Waals surface area contributed by atoms with E-state index in [9.17, 15) is 14.4 Å². The zero-order valence-electron chi connectivity index (χ0n) is 17.8. The number of piperidine rings is 1. The number of aromatic nitrogens is 1. The van der Waals surface area contributed by atoms with Crippen LogP contribution in [0.15, 0.2) is 41.9 Å². The van der Waals surface area contributed by atoms with Crippen molar-refractivity contribution in [3.05, 3.63) is 53.0 Å². The molecule has 2 atom stereocenters. The molecule has 3 amide bonds. The lowest BCUT2D eigenvalue weighted by atomic mass is 9.89. The number of rotatable bonds is 4. The summed E-state index contributed by atoms with van der Waals surface area (Å²) in [4.78, 5) is 43.3. The van der Waals surface area contributed by atoms with Crippen molar-refractivity contribution in [1.29, 1.82) is 0 Å². The molecule has 2 aromatic heterocycles. The summed E-state index contributed by atoms with van der Waals surface area (Å²) in [5.74, 6) is -1.81. The molecule has 1 aliphatic heterocycles. The number of fused-ring (bicyclic) bond motifs is 1. The summed E-state index contributed by atoms with van der Waals surface area (Å²) in [6.07, 6.45) is 3.08. The van der Waals surface area contributed by atoms with Crippen LogP contribution in [0.1, 0.15) is 41.7 Å². The van der Waals surface area contributed by atoms with E-state index in [2.05, 4.69) is 34.7 Å². The predicted octanol–water partition coefficient (Wildman–Crippen LogP) is 3.34. The van der Waals surface area contributed by atoms with Crippen LogP contribution < -0.4 is 15.8 Å². The van der Waals surface area contributed by atoms with E-state index >= 15 is 0 Å². The largest absolute Gasteiger partial charge is 0.480 e. The van der Waals surface area contributed by atoms with E-state index in [-0.39, 0.29) is 29.1 Å². The first-order valence-electron chi connectivity index (χ1n) is 10.3. The number of thiophene rings is 1. The number of nitrogens with zero attached hydrogens (tertiary/aromatic N) is 2. The van der Waals surface area contributed by atoms with E-state index in [0.717, 1.165) is 28.5 Å². The van der Waals surface area contributed by atoms with Gasteiger partial charge < -0.3 is 20.7 Å². The zero-order chi connectivity index (χ0) is 22.8. The summed E-state index contributed by atoms with van der Waals surface area (Å²) in [5.41, 5.74) is 6.64. The van der Waals surface area contributed by atoms with E-state index in [4.69, 9.17) is 10.5 Å². The molecule has 3 heterocycles. The van der Waals surface area contributed by atoms with E-state index in [1.807, 2.05) is 12.1 Å². The van der Waals surface area contributed by atoms with Crippen LogP contribution in [0.5, 0.6) is 5.88 Å². The van der Waals surface area contributed by atoms with Gasteiger partial charge in [-0.1, -0.05) is 25.1 Å². The highest BCUT2D eigenvalue weighted by atomic mass is 32.1. The van der Waals surface area contributed by atoms with Crippen LogP contribution in [0.25, 0.3) is 10.1 Å². The lowest BCUT2D eigenvalue weighted by Crippen LogP contribution is -2.46. The maximum absolute atomic E-state index is 13.2. The fourth-order valence-corrected chi connectivity index (χ4v) is 5.14. The van der Waals surface area contributed by atoms with Crippen molar-refractivity contribution >= 4 is 44.8 Å². The minimum absolute atomic E-state index is 0.0203. The summed E-state index contributed by atoms with van der Waals surface area (Å²) >= 11 is 1.64. The van der Waals surface area contributed by atoms with Gasteiger partial charge in [0, 0.05) is 11.2 Å². The number of nitrogens with one attached hydrogen (secondary N) is 1. The second kappa shape index (κ2) is 8.96. The van der Waals surface area contributed by atoms with Crippen LogP contribution >= 0.6 is 11.3 Å². The van der Waals surface area contributed by atoms with E-state index in [1.165, 1.54) is 19.4 Å². The Hall–Kier alpha value is -3.46. The topological polar surface area (TPSA) is 115 Å². The number of ether oxygens (including phenoxy) is 1. The number of likely N-dealkylation sites (tertiary alicyclic amines) is 1. The number of pyridine rings is 1. The highest BCUT2D eigenvalue weighted by molar-refractivity contribution is 7.17. The van der Waals surface area contributed by atoms with Gasteiger partial charge in [-0.15, -0.1) is 11.3 Å². The van der Waals surface area contributed by atoms with Crippen molar-refractivity contribution in [2.75, 3.05) is 19.0 Å². The number of primary amides is 1. The lowest BCUT2D eigenvalue weighted by Gasteiger charge is -2.38. The minimum Gasteiger partial charge on any atom is -0.480 e. The molecule has 0 spiro atoms. The summed E-state index contributed by atoms with van der Waals surface area (Å²) < 4.78 is 6.17. The van der Waals surface area contributed by atoms with Crippen LogP contribution in [0, 0.1) is 5.92 Å².